The Labute approximate surface area is 155 Å². The van der Waals surface area contributed by atoms with Gasteiger partial charge in [0.05, 0.1) is 9.80 Å². The van der Waals surface area contributed by atoms with Crippen LogP contribution in [-0.4, -0.2) is 15.3 Å². The smallest absolute Gasteiger partial charge is 0.269 e. The van der Waals surface area contributed by atoms with Gasteiger partial charge < -0.3 is 4.57 Å². The summed E-state index contributed by atoms with van der Waals surface area (Å²) in [6.45, 7) is 2.12. The van der Waals surface area contributed by atoms with E-state index < -0.39 is 4.92 Å². The van der Waals surface area contributed by atoms with Crippen LogP contribution in [0.2, 0.25) is 0 Å². The average molecular weight is 366 g/mol. The predicted molar refractivity (Wildman–Crippen MR) is 104 cm³/mol. The van der Waals surface area contributed by atoms with Gasteiger partial charge in [-0.1, -0.05) is 13.3 Å². The molecule has 0 aliphatic carbocycles. The van der Waals surface area contributed by atoms with E-state index in [9.17, 15) is 14.9 Å². The number of rotatable bonds is 7. The van der Waals surface area contributed by atoms with Gasteiger partial charge in [-0.15, -0.1) is 11.3 Å². The van der Waals surface area contributed by atoms with Gasteiger partial charge in [0.15, 0.2) is 5.78 Å². The maximum absolute atomic E-state index is 12.4. The summed E-state index contributed by atoms with van der Waals surface area (Å²) in [5.74, 6) is -0.0196. The fourth-order valence-electron chi connectivity index (χ4n) is 2.63. The average Bonchev–Trinajstić information content (AvgIpc) is 3.29. The zero-order valence-corrected chi connectivity index (χ0v) is 15.1. The third kappa shape index (κ3) is 3.97. The molecule has 0 saturated carbocycles. The Hall–Kier alpha value is -2.99. The summed E-state index contributed by atoms with van der Waals surface area (Å²) in [5.41, 5.74) is 1.68. The van der Waals surface area contributed by atoms with E-state index in [0.29, 0.717) is 0 Å². The van der Waals surface area contributed by atoms with Crippen LogP contribution in [-0.2, 0) is 6.42 Å². The van der Waals surface area contributed by atoms with E-state index >= 15 is 0 Å². The van der Waals surface area contributed by atoms with Crippen molar-refractivity contribution >= 4 is 28.9 Å². The highest BCUT2D eigenvalue weighted by Crippen LogP contribution is 2.21. The van der Waals surface area contributed by atoms with Crippen molar-refractivity contribution < 1.29 is 9.72 Å². The van der Waals surface area contributed by atoms with Gasteiger partial charge in [-0.25, -0.2) is 0 Å². The third-order valence-corrected chi connectivity index (χ3v) is 5.08. The Morgan fingerprint density at radius 3 is 2.65 bits per heavy atom. The van der Waals surface area contributed by atoms with Crippen molar-refractivity contribution in [2.75, 3.05) is 0 Å². The molecular weight excluding hydrogens is 348 g/mol. The largest absolute Gasteiger partial charge is 0.317 e. The maximum Gasteiger partial charge on any atom is 0.269 e. The zero-order valence-electron chi connectivity index (χ0n) is 14.3. The summed E-state index contributed by atoms with van der Waals surface area (Å²) < 4.78 is 1.88. The van der Waals surface area contributed by atoms with Gasteiger partial charge in [0, 0.05) is 34.6 Å². The van der Waals surface area contributed by atoms with Gasteiger partial charge in [0.1, 0.15) is 0 Å². The van der Waals surface area contributed by atoms with E-state index in [1.54, 1.807) is 24.3 Å². The van der Waals surface area contributed by atoms with Crippen molar-refractivity contribution in [2.24, 2.45) is 0 Å². The van der Waals surface area contributed by atoms with Crippen LogP contribution in [0.4, 0.5) is 5.69 Å². The molecule has 0 aliphatic rings. The van der Waals surface area contributed by atoms with Crippen molar-refractivity contribution in [2.45, 2.75) is 19.8 Å². The number of hydrogen-bond donors (Lipinski definition) is 0. The van der Waals surface area contributed by atoms with Crippen LogP contribution >= 0.6 is 11.3 Å². The van der Waals surface area contributed by atoms with Crippen LogP contribution in [0.15, 0.2) is 60.8 Å². The first-order valence-electron chi connectivity index (χ1n) is 8.32. The molecule has 0 aliphatic heterocycles. The molecule has 0 fully saturated rings. The first-order valence-corrected chi connectivity index (χ1v) is 9.13. The number of aryl methyl sites for hydroxylation is 1. The molecule has 2 heterocycles. The number of nitrogens with zero attached hydrogens (tertiary/aromatic N) is 2. The highest BCUT2D eigenvalue weighted by atomic mass is 32.1. The summed E-state index contributed by atoms with van der Waals surface area (Å²) in [6.07, 6.45) is 7.24. The number of nitro benzene ring substituents is 1. The summed E-state index contributed by atoms with van der Waals surface area (Å²) in [4.78, 5) is 24.7. The summed E-state index contributed by atoms with van der Waals surface area (Å²) in [6, 6.07) is 14.0. The third-order valence-electron chi connectivity index (χ3n) is 3.93. The molecule has 26 heavy (non-hydrogen) atoms. The molecule has 0 N–H and O–H groups in total. The molecular formula is C20H18N2O3S. The van der Waals surface area contributed by atoms with E-state index in [-0.39, 0.29) is 11.5 Å². The molecule has 0 bridgehead atoms. The molecule has 0 radical (unpaired) electrons. The van der Waals surface area contributed by atoms with Crippen molar-refractivity contribution in [1.29, 1.82) is 0 Å². The maximum atomic E-state index is 12.4. The molecule has 6 heteroatoms. The van der Waals surface area contributed by atoms with E-state index in [0.717, 1.165) is 29.1 Å². The van der Waals surface area contributed by atoms with Crippen molar-refractivity contribution in [1.82, 2.24) is 4.57 Å². The number of carbonyl (C=O) groups excluding carboxylic acids is 1. The van der Waals surface area contributed by atoms with Gasteiger partial charge in [0.2, 0.25) is 0 Å². The monoisotopic (exact) mass is 366 g/mol. The minimum absolute atomic E-state index is 0.0196. The second kappa shape index (κ2) is 7.93. The van der Waals surface area contributed by atoms with Crippen LogP contribution in [0.5, 0.6) is 0 Å². The second-order valence-electron chi connectivity index (χ2n) is 5.79. The number of carbonyl (C=O) groups is 1. The highest BCUT2D eigenvalue weighted by Gasteiger charge is 2.08. The molecule has 2 aromatic heterocycles. The Balaban J connectivity index is 1.78. The van der Waals surface area contributed by atoms with Gasteiger partial charge in [0.25, 0.3) is 5.69 Å². The Bertz CT molecular complexity index is 952. The van der Waals surface area contributed by atoms with Gasteiger partial charge >= 0.3 is 0 Å². The number of hydrogen-bond acceptors (Lipinski definition) is 4. The first-order chi connectivity index (χ1) is 12.6. The van der Waals surface area contributed by atoms with Crippen LogP contribution in [0, 0.1) is 10.1 Å². The van der Waals surface area contributed by atoms with E-state index in [4.69, 9.17) is 0 Å². The Morgan fingerprint density at radius 1 is 1.19 bits per heavy atom. The lowest BCUT2D eigenvalue weighted by atomic mass is 10.2. The molecule has 0 unspecified atom stereocenters. The molecule has 3 aromatic rings. The number of benzene rings is 1. The summed E-state index contributed by atoms with van der Waals surface area (Å²) in [7, 11) is 0. The topological polar surface area (TPSA) is 65.1 Å². The molecule has 0 saturated heterocycles. The SMILES string of the molecule is CCCc1ccc(C(=O)/C=C/c2cccn2-c2ccc([N+](=O)[O-])cc2)s1. The molecule has 132 valence electrons. The first kappa shape index (κ1) is 17.8. The standard InChI is InChI=1S/C20H18N2O3S/c1-2-4-18-11-13-20(26-18)19(23)12-10-15-5-3-14-21(15)16-6-8-17(9-7-16)22(24)25/h3,5-14H,2,4H2,1H3/b12-10+. The number of nitro groups is 1. The van der Waals surface area contributed by atoms with Crippen LogP contribution < -0.4 is 0 Å². The minimum atomic E-state index is -0.424. The van der Waals surface area contributed by atoms with Crippen LogP contribution in [0.3, 0.4) is 0 Å². The molecule has 0 atom stereocenters. The normalized spacial score (nSPS) is 11.1. The minimum Gasteiger partial charge on any atom is -0.317 e. The molecule has 3 rings (SSSR count). The quantitative estimate of drug-likeness (QED) is 0.247. The van der Waals surface area contributed by atoms with E-state index in [1.807, 2.05) is 35.0 Å². The number of non-ortho nitro benzene ring substituents is 1. The number of allylic oxidation sites excluding steroid dienone is 1. The molecule has 5 nitrogen and oxygen atoms in total. The van der Waals surface area contributed by atoms with Gasteiger partial charge in [-0.3, -0.25) is 14.9 Å². The number of ketones is 1. The lowest BCUT2D eigenvalue weighted by molar-refractivity contribution is -0.384. The van der Waals surface area contributed by atoms with Crippen molar-refractivity contribution in [3.8, 4) is 5.69 Å². The fourth-order valence-corrected chi connectivity index (χ4v) is 3.66. The molecule has 0 amide bonds. The number of thiophene rings is 1. The fraction of sp³-hybridized carbons (Fsp3) is 0.150. The summed E-state index contributed by atoms with van der Waals surface area (Å²) >= 11 is 1.54. The zero-order chi connectivity index (χ0) is 18.5. The van der Waals surface area contributed by atoms with Crippen LogP contribution in [0.25, 0.3) is 11.8 Å². The highest BCUT2D eigenvalue weighted by molar-refractivity contribution is 7.14. The van der Waals surface area contributed by atoms with Gasteiger partial charge in [-0.05, 0) is 55.0 Å². The Morgan fingerprint density at radius 2 is 1.96 bits per heavy atom. The summed E-state index contributed by atoms with van der Waals surface area (Å²) in [5, 5.41) is 10.8. The Kier molecular flexibility index (Phi) is 5.43. The predicted octanol–water partition coefficient (Wildman–Crippen LogP) is 5.30. The van der Waals surface area contributed by atoms with Gasteiger partial charge in [-0.2, -0.15) is 0 Å². The molecule has 0 spiro atoms. The van der Waals surface area contributed by atoms with Crippen LogP contribution in [0.1, 0.15) is 33.6 Å². The number of aromatic nitrogens is 1. The molecule has 1 aromatic carbocycles. The van der Waals surface area contributed by atoms with Crippen molar-refractivity contribution in [3.63, 3.8) is 0 Å². The lowest BCUT2D eigenvalue weighted by Crippen LogP contribution is -1.96. The van der Waals surface area contributed by atoms with E-state index in [1.165, 1.54) is 28.3 Å². The lowest BCUT2D eigenvalue weighted by Gasteiger charge is -2.06. The van der Waals surface area contributed by atoms with Crippen molar-refractivity contribution in [3.05, 3.63) is 86.4 Å². The van der Waals surface area contributed by atoms with E-state index in [2.05, 4.69) is 6.92 Å². The second-order valence-corrected chi connectivity index (χ2v) is 6.96.